The smallest absolute Gasteiger partial charge is 0.337 e. The normalized spacial score (nSPS) is 15.1. The molecular formula is C24H17ClN2O5S. The van der Waals surface area contributed by atoms with Gasteiger partial charge in [-0.25, -0.2) is 4.79 Å². The van der Waals surface area contributed by atoms with Gasteiger partial charge in [0.15, 0.2) is 5.11 Å². The number of furan rings is 1. The van der Waals surface area contributed by atoms with Crippen molar-refractivity contribution in [3.8, 4) is 11.3 Å². The summed E-state index contributed by atoms with van der Waals surface area (Å²) in [6, 6.07) is 15.1. The van der Waals surface area contributed by atoms with E-state index in [2.05, 4.69) is 5.32 Å². The Kier molecular flexibility index (Phi) is 6.13. The van der Waals surface area contributed by atoms with Gasteiger partial charge >= 0.3 is 5.97 Å². The summed E-state index contributed by atoms with van der Waals surface area (Å²) in [7, 11) is 1.31. The molecule has 3 aromatic rings. The highest BCUT2D eigenvalue weighted by atomic mass is 35.5. The van der Waals surface area contributed by atoms with E-state index in [1.165, 1.54) is 18.1 Å². The Morgan fingerprint density at radius 1 is 1.12 bits per heavy atom. The standard InChI is InChI=1S/C24H17ClN2O5S/c1-13-18(25)4-3-5-19(13)27-22(29)17(21(28)26-24(27)33)12-16-10-11-20(32-16)14-6-8-15(9-7-14)23(30)31-2/h3-12H,1-2H3,(H,26,28,33)/b17-12+. The maximum atomic E-state index is 13.2. The van der Waals surface area contributed by atoms with Gasteiger partial charge in [0.1, 0.15) is 17.1 Å². The number of methoxy groups -OCH3 is 1. The van der Waals surface area contributed by atoms with E-state index in [1.807, 2.05) is 0 Å². The number of esters is 1. The maximum absolute atomic E-state index is 13.2. The first kappa shape index (κ1) is 22.4. The summed E-state index contributed by atoms with van der Waals surface area (Å²) in [5.41, 5.74) is 2.12. The fraction of sp³-hybridized carbons (Fsp3) is 0.0833. The minimum atomic E-state index is -0.624. The number of benzene rings is 2. The van der Waals surface area contributed by atoms with Crippen molar-refractivity contribution in [2.75, 3.05) is 12.0 Å². The zero-order valence-corrected chi connectivity index (χ0v) is 19.1. The van der Waals surface area contributed by atoms with Crippen molar-refractivity contribution in [3.63, 3.8) is 0 Å². The van der Waals surface area contributed by atoms with Crippen molar-refractivity contribution in [1.29, 1.82) is 0 Å². The van der Waals surface area contributed by atoms with Crippen LogP contribution >= 0.6 is 23.8 Å². The second kappa shape index (κ2) is 9.01. The highest BCUT2D eigenvalue weighted by molar-refractivity contribution is 7.80. The van der Waals surface area contributed by atoms with E-state index in [-0.39, 0.29) is 10.7 Å². The summed E-state index contributed by atoms with van der Waals surface area (Å²) < 4.78 is 10.5. The topological polar surface area (TPSA) is 88.9 Å². The molecule has 0 bridgehead atoms. The molecule has 2 aromatic carbocycles. The van der Waals surface area contributed by atoms with Gasteiger partial charge in [-0.15, -0.1) is 0 Å². The zero-order chi connectivity index (χ0) is 23.7. The fourth-order valence-corrected chi connectivity index (χ4v) is 3.77. The van der Waals surface area contributed by atoms with Crippen LogP contribution in [0.4, 0.5) is 5.69 Å². The van der Waals surface area contributed by atoms with Crippen LogP contribution < -0.4 is 10.2 Å². The summed E-state index contributed by atoms with van der Waals surface area (Å²) in [6.07, 6.45) is 1.36. The summed E-state index contributed by atoms with van der Waals surface area (Å²) in [5, 5.41) is 2.98. The van der Waals surface area contributed by atoms with Crippen LogP contribution in [0.1, 0.15) is 21.7 Å². The SMILES string of the molecule is COC(=O)c1ccc(-c2ccc(/C=C3\C(=O)NC(=S)N(c4cccc(Cl)c4C)C3=O)o2)cc1. The van der Waals surface area contributed by atoms with Crippen LogP contribution in [-0.4, -0.2) is 30.0 Å². The molecule has 1 fully saturated rings. The van der Waals surface area contributed by atoms with Gasteiger partial charge in [-0.05, 0) is 67.2 Å². The van der Waals surface area contributed by atoms with E-state index in [0.29, 0.717) is 38.9 Å². The van der Waals surface area contributed by atoms with E-state index in [0.717, 1.165) is 0 Å². The molecule has 0 aliphatic carbocycles. The summed E-state index contributed by atoms with van der Waals surface area (Å²) >= 11 is 11.4. The summed E-state index contributed by atoms with van der Waals surface area (Å²) in [6.45, 7) is 1.76. The number of halogens is 1. The van der Waals surface area contributed by atoms with Crippen molar-refractivity contribution in [2.24, 2.45) is 0 Å². The van der Waals surface area contributed by atoms with Gasteiger partial charge in [-0.3, -0.25) is 19.8 Å². The fourth-order valence-electron chi connectivity index (χ4n) is 3.33. The molecule has 1 aliphatic heterocycles. The lowest BCUT2D eigenvalue weighted by Gasteiger charge is -2.30. The van der Waals surface area contributed by atoms with Crippen molar-refractivity contribution in [2.45, 2.75) is 6.92 Å². The Labute approximate surface area is 199 Å². The first-order valence-electron chi connectivity index (χ1n) is 9.75. The third-order valence-electron chi connectivity index (χ3n) is 5.09. The van der Waals surface area contributed by atoms with Gasteiger partial charge in [0.2, 0.25) is 0 Å². The van der Waals surface area contributed by atoms with Gasteiger partial charge in [0.25, 0.3) is 11.8 Å². The lowest BCUT2D eigenvalue weighted by Crippen LogP contribution is -2.54. The number of ether oxygens (including phenoxy) is 1. The summed E-state index contributed by atoms with van der Waals surface area (Å²) in [5.74, 6) is -0.849. The Hall–Kier alpha value is -3.75. The Balaban J connectivity index is 1.65. The molecular weight excluding hydrogens is 464 g/mol. The minimum Gasteiger partial charge on any atom is -0.465 e. The molecule has 166 valence electrons. The Bertz CT molecular complexity index is 1330. The second-order valence-electron chi connectivity index (χ2n) is 7.11. The van der Waals surface area contributed by atoms with Gasteiger partial charge in [0.05, 0.1) is 18.4 Å². The van der Waals surface area contributed by atoms with Crippen LogP contribution in [0.5, 0.6) is 0 Å². The van der Waals surface area contributed by atoms with Crippen molar-refractivity contribution >= 4 is 58.5 Å². The molecule has 0 saturated carbocycles. The molecule has 1 aliphatic rings. The molecule has 0 unspecified atom stereocenters. The number of hydrogen-bond donors (Lipinski definition) is 1. The van der Waals surface area contributed by atoms with E-state index in [4.69, 9.17) is 33.0 Å². The average Bonchev–Trinajstić information content (AvgIpc) is 3.27. The third kappa shape index (κ3) is 4.30. The largest absolute Gasteiger partial charge is 0.465 e. The van der Waals surface area contributed by atoms with Crippen LogP contribution in [-0.2, 0) is 14.3 Å². The number of nitrogens with zero attached hydrogens (tertiary/aromatic N) is 1. The molecule has 1 saturated heterocycles. The van der Waals surface area contributed by atoms with Gasteiger partial charge in [-0.1, -0.05) is 29.8 Å². The van der Waals surface area contributed by atoms with Crippen LogP contribution in [0.15, 0.2) is 64.6 Å². The molecule has 1 aromatic heterocycles. The third-order valence-corrected chi connectivity index (χ3v) is 5.78. The van der Waals surface area contributed by atoms with Crippen LogP contribution in [0.25, 0.3) is 17.4 Å². The van der Waals surface area contributed by atoms with E-state index < -0.39 is 17.8 Å². The van der Waals surface area contributed by atoms with Gasteiger partial charge < -0.3 is 9.15 Å². The molecule has 9 heteroatoms. The maximum Gasteiger partial charge on any atom is 0.337 e. The number of amides is 2. The first-order chi connectivity index (χ1) is 15.8. The minimum absolute atomic E-state index is 0.0293. The second-order valence-corrected chi connectivity index (χ2v) is 7.91. The molecule has 0 radical (unpaired) electrons. The Morgan fingerprint density at radius 3 is 2.55 bits per heavy atom. The summed E-state index contributed by atoms with van der Waals surface area (Å²) in [4.78, 5) is 38.6. The molecule has 33 heavy (non-hydrogen) atoms. The number of rotatable bonds is 4. The predicted octanol–water partition coefficient (Wildman–Crippen LogP) is 4.53. The number of nitrogens with one attached hydrogen (secondary N) is 1. The van der Waals surface area contributed by atoms with Crippen molar-refractivity contribution in [1.82, 2.24) is 5.32 Å². The lowest BCUT2D eigenvalue weighted by molar-refractivity contribution is -0.122. The molecule has 2 amide bonds. The molecule has 7 nitrogen and oxygen atoms in total. The number of anilines is 1. The quantitative estimate of drug-likeness (QED) is 0.255. The zero-order valence-electron chi connectivity index (χ0n) is 17.5. The van der Waals surface area contributed by atoms with Crippen LogP contribution in [0.3, 0.4) is 0 Å². The average molecular weight is 481 g/mol. The van der Waals surface area contributed by atoms with Crippen LogP contribution in [0, 0.1) is 6.92 Å². The Morgan fingerprint density at radius 2 is 1.85 bits per heavy atom. The van der Waals surface area contributed by atoms with E-state index in [9.17, 15) is 14.4 Å². The molecule has 1 N–H and O–H groups in total. The molecule has 4 rings (SSSR count). The highest BCUT2D eigenvalue weighted by Crippen LogP contribution is 2.30. The van der Waals surface area contributed by atoms with E-state index >= 15 is 0 Å². The molecule has 2 heterocycles. The molecule has 0 spiro atoms. The predicted molar refractivity (Wildman–Crippen MR) is 128 cm³/mol. The van der Waals surface area contributed by atoms with Gasteiger partial charge in [0, 0.05) is 10.6 Å². The van der Waals surface area contributed by atoms with Crippen molar-refractivity contribution in [3.05, 3.63) is 82.1 Å². The first-order valence-corrected chi connectivity index (χ1v) is 10.5. The number of carbonyl (C=O) groups excluding carboxylic acids is 3. The van der Waals surface area contributed by atoms with Crippen molar-refractivity contribution < 1.29 is 23.5 Å². The number of carbonyl (C=O) groups is 3. The lowest BCUT2D eigenvalue weighted by atomic mass is 10.1. The van der Waals surface area contributed by atoms with Gasteiger partial charge in [-0.2, -0.15) is 0 Å². The number of hydrogen-bond acceptors (Lipinski definition) is 6. The molecule has 0 atom stereocenters. The monoisotopic (exact) mass is 480 g/mol. The van der Waals surface area contributed by atoms with E-state index in [1.54, 1.807) is 61.5 Å². The number of thiocarbonyl (C=S) groups is 1. The highest BCUT2D eigenvalue weighted by Gasteiger charge is 2.35. The van der Waals surface area contributed by atoms with Crippen LogP contribution in [0.2, 0.25) is 5.02 Å².